The van der Waals surface area contributed by atoms with E-state index in [-0.39, 0.29) is 31.1 Å². The van der Waals surface area contributed by atoms with Crippen LogP contribution < -0.4 is 0 Å². The van der Waals surface area contributed by atoms with Crippen molar-refractivity contribution in [2.75, 3.05) is 13.2 Å². The molecular formula is C71H124O6. The molecule has 1 atom stereocenters. The molecule has 0 N–H and O–H groups in total. The minimum atomic E-state index is -0.782. The van der Waals surface area contributed by atoms with Crippen molar-refractivity contribution in [2.45, 2.75) is 335 Å². The fraction of sp³-hybridized carbons (Fsp3) is 0.761. The lowest BCUT2D eigenvalue weighted by molar-refractivity contribution is -0.167. The summed E-state index contributed by atoms with van der Waals surface area (Å²) in [5.41, 5.74) is 0. The van der Waals surface area contributed by atoms with Gasteiger partial charge in [0.05, 0.1) is 0 Å². The van der Waals surface area contributed by atoms with Gasteiger partial charge in [-0.15, -0.1) is 0 Å². The standard InChI is InChI=1S/C71H124O6/c1-4-7-10-13-16-19-21-23-25-27-29-30-31-32-33-34-35-36-37-38-39-40-42-43-45-47-49-52-55-58-61-64-70(73)76-67-68(66-75-69(72)63-60-57-54-51-18-15-12-9-6-3)77-71(74)65-62-59-56-53-50-48-46-44-41-28-26-24-22-20-17-14-11-8-5-2/h8,11,17,20-21,23-24,26-27,29,31-32,41,44,68H,4-7,9-10,12-16,18-19,22,25,28,30,33-40,42-43,45-67H2,1-3H3/b11-8-,20-17-,23-21-,26-24-,29-27-,32-31-,44-41-. The van der Waals surface area contributed by atoms with E-state index >= 15 is 0 Å². The maximum Gasteiger partial charge on any atom is 0.306 e. The first-order valence-corrected chi connectivity index (χ1v) is 33.1. The fourth-order valence-corrected chi connectivity index (χ4v) is 9.44. The van der Waals surface area contributed by atoms with Gasteiger partial charge in [-0.25, -0.2) is 0 Å². The van der Waals surface area contributed by atoms with Crippen LogP contribution in [-0.2, 0) is 28.6 Å². The Labute approximate surface area is 477 Å². The average molecular weight is 1070 g/mol. The van der Waals surface area contributed by atoms with Gasteiger partial charge < -0.3 is 14.2 Å². The smallest absolute Gasteiger partial charge is 0.306 e. The highest BCUT2D eigenvalue weighted by Gasteiger charge is 2.19. The lowest BCUT2D eigenvalue weighted by Crippen LogP contribution is -2.30. The van der Waals surface area contributed by atoms with Gasteiger partial charge in [-0.1, -0.05) is 298 Å². The van der Waals surface area contributed by atoms with Crippen LogP contribution in [0.5, 0.6) is 0 Å². The Bertz CT molecular complexity index is 1470. The summed E-state index contributed by atoms with van der Waals surface area (Å²) in [6.07, 6.45) is 86.1. The SMILES string of the molecule is CC/C=C\C/C=C\C/C=C\C/C=C\CCCCCCCCC(=O)OC(COC(=O)CCCCCCCCCCC)COC(=O)CCCCCCCCCCCCCCCCCC/C=C\C/C=C\C/C=C\CCCCCCC. The highest BCUT2D eigenvalue weighted by atomic mass is 16.6. The van der Waals surface area contributed by atoms with Gasteiger partial charge in [-0.05, 0) is 96.3 Å². The first-order chi connectivity index (χ1) is 38.0. The number of esters is 3. The van der Waals surface area contributed by atoms with Crippen molar-refractivity contribution in [3.05, 3.63) is 85.1 Å². The van der Waals surface area contributed by atoms with E-state index in [1.54, 1.807) is 0 Å². The third-order valence-corrected chi connectivity index (χ3v) is 14.4. The van der Waals surface area contributed by atoms with E-state index in [9.17, 15) is 14.4 Å². The second-order valence-electron chi connectivity index (χ2n) is 22.0. The summed E-state index contributed by atoms with van der Waals surface area (Å²) in [5, 5.41) is 0. The second kappa shape index (κ2) is 65.1. The van der Waals surface area contributed by atoms with Gasteiger partial charge in [0.1, 0.15) is 13.2 Å². The molecule has 6 nitrogen and oxygen atoms in total. The highest BCUT2D eigenvalue weighted by molar-refractivity contribution is 5.71. The molecule has 0 aromatic carbocycles. The molecule has 444 valence electrons. The van der Waals surface area contributed by atoms with E-state index in [1.165, 1.54) is 180 Å². The zero-order valence-electron chi connectivity index (χ0n) is 51.0. The van der Waals surface area contributed by atoms with Gasteiger partial charge >= 0.3 is 17.9 Å². The van der Waals surface area contributed by atoms with E-state index in [2.05, 4.69) is 106 Å². The average Bonchev–Trinajstić information content (AvgIpc) is 3.43. The molecule has 0 saturated carbocycles. The van der Waals surface area contributed by atoms with Crippen LogP contribution in [0.2, 0.25) is 0 Å². The summed E-state index contributed by atoms with van der Waals surface area (Å²) < 4.78 is 16.9. The molecule has 77 heavy (non-hydrogen) atoms. The third kappa shape index (κ3) is 63.3. The van der Waals surface area contributed by atoms with Crippen LogP contribution in [0.15, 0.2) is 85.1 Å². The lowest BCUT2D eigenvalue weighted by atomic mass is 10.0. The van der Waals surface area contributed by atoms with Crippen molar-refractivity contribution in [3.8, 4) is 0 Å². The Morgan fingerprint density at radius 2 is 0.506 bits per heavy atom. The van der Waals surface area contributed by atoms with E-state index < -0.39 is 6.10 Å². The summed E-state index contributed by atoms with van der Waals surface area (Å²) in [7, 11) is 0. The number of rotatable bonds is 60. The van der Waals surface area contributed by atoms with Crippen LogP contribution in [0.4, 0.5) is 0 Å². The number of hydrogen-bond acceptors (Lipinski definition) is 6. The molecule has 0 aliphatic heterocycles. The van der Waals surface area contributed by atoms with Gasteiger partial charge in [-0.2, -0.15) is 0 Å². The first kappa shape index (κ1) is 73.6. The molecular weight excluding hydrogens is 949 g/mol. The quantitative estimate of drug-likeness (QED) is 0.0261. The molecule has 0 spiro atoms. The van der Waals surface area contributed by atoms with Gasteiger partial charge in [0.25, 0.3) is 0 Å². The number of hydrogen-bond donors (Lipinski definition) is 0. The molecule has 1 unspecified atom stereocenters. The maximum absolute atomic E-state index is 12.9. The molecule has 0 saturated heterocycles. The van der Waals surface area contributed by atoms with Crippen LogP contribution >= 0.6 is 0 Å². The molecule has 0 aromatic heterocycles. The second-order valence-corrected chi connectivity index (χ2v) is 22.0. The summed E-state index contributed by atoms with van der Waals surface area (Å²) >= 11 is 0. The molecule has 6 heteroatoms. The zero-order chi connectivity index (χ0) is 55.7. The van der Waals surface area contributed by atoms with Crippen LogP contribution in [-0.4, -0.2) is 37.2 Å². The molecule has 0 rings (SSSR count). The van der Waals surface area contributed by atoms with Crippen molar-refractivity contribution in [1.29, 1.82) is 0 Å². The summed E-state index contributed by atoms with van der Waals surface area (Å²) in [4.78, 5) is 38.2. The van der Waals surface area contributed by atoms with E-state index in [0.717, 1.165) is 109 Å². The molecule has 0 amide bonds. The minimum absolute atomic E-state index is 0.0793. The molecule has 0 fully saturated rings. The zero-order valence-corrected chi connectivity index (χ0v) is 51.0. The van der Waals surface area contributed by atoms with Gasteiger partial charge in [0.15, 0.2) is 6.10 Å². The van der Waals surface area contributed by atoms with E-state index in [1.807, 2.05) is 0 Å². The Morgan fingerprint density at radius 3 is 0.792 bits per heavy atom. The van der Waals surface area contributed by atoms with Crippen molar-refractivity contribution < 1.29 is 28.6 Å². The normalized spacial score (nSPS) is 12.6. The van der Waals surface area contributed by atoms with Crippen molar-refractivity contribution in [1.82, 2.24) is 0 Å². The Hall–Kier alpha value is -3.41. The van der Waals surface area contributed by atoms with Crippen LogP contribution in [0.25, 0.3) is 0 Å². The van der Waals surface area contributed by atoms with Gasteiger partial charge in [0, 0.05) is 19.3 Å². The van der Waals surface area contributed by atoms with Crippen LogP contribution in [0, 0.1) is 0 Å². The Balaban J connectivity index is 4.14. The topological polar surface area (TPSA) is 78.9 Å². The number of unbranched alkanes of at least 4 members (excludes halogenated alkanes) is 35. The van der Waals surface area contributed by atoms with Crippen LogP contribution in [0.3, 0.4) is 0 Å². The number of allylic oxidation sites excluding steroid dienone is 14. The van der Waals surface area contributed by atoms with E-state index in [4.69, 9.17) is 14.2 Å². The summed E-state index contributed by atoms with van der Waals surface area (Å²) in [5.74, 6) is -0.884. The minimum Gasteiger partial charge on any atom is -0.462 e. The van der Waals surface area contributed by atoms with Crippen molar-refractivity contribution in [3.63, 3.8) is 0 Å². The predicted octanol–water partition coefficient (Wildman–Crippen LogP) is 22.7. The van der Waals surface area contributed by atoms with Gasteiger partial charge in [-0.3, -0.25) is 14.4 Å². The van der Waals surface area contributed by atoms with Gasteiger partial charge in [0.2, 0.25) is 0 Å². The molecule has 0 aromatic rings. The van der Waals surface area contributed by atoms with Crippen molar-refractivity contribution in [2.24, 2.45) is 0 Å². The largest absolute Gasteiger partial charge is 0.462 e. The fourth-order valence-electron chi connectivity index (χ4n) is 9.44. The Kier molecular flexibility index (Phi) is 62.2. The number of carbonyl (C=O) groups excluding carboxylic acids is 3. The highest BCUT2D eigenvalue weighted by Crippen LogP contribution is 2.17. The lowest BCUT2D eigenvalue weighted by Gasteiger charge is -2.18. The molecule has 0 aliphatic carbocycles. The third-order valence-electron chi connectivity index (χ3n) is 14.4. The van der Waals surface area contributed by atoms with Crippen LogP contribution in [0.1, 0.15) is 329 Å². The molecule has 0 heterocycles. The predicted molar refractivity (Wildman–Crippen MR) is 334 cm³/mol. The molecule has 0 radical (unpaired) electrons. The van der Waals surface area contributed by atoms with Crippen molar-refractivity contribution >= 4 is 17.9 Å². The molecule has 0 bridgehead atoms. The first-order valence-electron chi connectivity index (χ1n) is 33.1. The maximum atomic E-state index is 12.9. The van der Waals surface area contributed by atoms with E-state index in [0.29, 0.717) is 19.3 Å². The number of carbonyl (C=O) groups is 3. The Morgan fingerprint density at radius 1 is 0.273 bits per heavy atom. The summed E-state index contributed by atoms with van der Waals surface area (Å²) in [6, 6.07) is 0. The monoisotopic (exact) mass is 1070 g/mol. The summed E-state index contributed by atoms with van der Waals surface area (Å²) in [6.45, 7) is 6.51. The number of ether oxygens (including phenoxy) is 3. The molecule has 0 aliphatic rings.